The van der Waals surface area contributed by atoms with Crippen LogP contribution in [0.25, 0.3) is 10.2 Å². The van der Waals surface area contributed by atoms with Gasteiger partial charge in [0.15, 0.2) is 5.13 Å². The number of carbonyl (C=O) groups excluding carboxylic acids is 1. The van der Waals surface area contributed by atoms with E-state index < -0.39 is 10.0 Å². The van der Waals surface area contributed by atoms with Crippen molar-refractivity contribution in [3.63, 3.8) is 0 Å². The Hall–Kier alpha value is -3.67. The third-order valence-corrected chi connectivity index (χ3v) is 8.88. The van der Waals surface area contributed by atoms with Crippen LogP contribution in [0, 0.1) is 0 Å². The van der Waals surface area contributed by atoms with Crippen molar-refractivity contribution in [3.8, 4) is 5.75 Å². The number of amides is 1. The van der Waals surface area contributed by atoms with Gasteiger partial charge in [-0.05, 0) is 48.5 Å². The second-order valence-corrected chi connectivity index (χ2v) is 11.6. The first-order valence-corrected chi connectivity index (χ1v) is 14.6. The molecule has 1 aliphatic rings. The molecule has 0 bridgehead atoms. The Balaban J connectivity index is 1.08. The van der Waals surface area contributed by atoms with Crippen LogP contribution in [0.3, 0.4) is 0 Å². The van der Waals surface area contributed by atoms with E-state index in [2.05, 4.69) is 25.9 Å². The molecule has 2 N–H and O–H groups in total. The van der Waals surface area contributed by atoms with Crippen LogP contribution in [-0.2, 0) is 10.0 Å². The number of hydrogen-bond acceptors (Lipinski definition) is 8. The van der Waals surface area contributed by atoms with Crippen LogP contribution in [-0.4, -0.2) is 70.6 Å². The second kappa shape index (κ2) is 11.4. The normalized spacial score (nSPS) is 14.4. The van der Waals surface area contributed by atoms with E-state index in [1.165, 1.54) is 12.1 Å². The van der Waals surface area contributed by atoms with Crippen LogP contribution in [0.15, 0.2) is 77.7 Å². The first-order valence-electron chi connectivity index (χ1n) is 12.3. The molecule has 11 heteroatoms. The summed E-state index contributed by atoms with van der Waals surface area (Å²) in [4.78, 5) is 22.2. The Labute approximate surface area is 226 Å². The van der Waals surface area contributed by atoms with Gasteiger partial charge in [-0.15, -0.1) is 0 Å². The number of benzene rings is 3. The molecule has 198 valence electrons. The number of piperazine rings is 1. The number of thiazole rings is 1. The molecule has 0 saturated carbocycles. The number of rotatable bonds is 9. The Bertz CT molecular complexity index is 1500. The number of hydrogen-bond donors (Lipinski definition) is 2. The number of fused-ring (bicyclic) bond motifs is 1. The lowest BCUT2D eigenvalue weighted by Gasteiger charge is -2.34. The lowest BCUT2D eigenvalue weighted by Crippen LogP contribution is -2.48. The molecular formula is C27H29N5O4S2. The molecule has 4 aromatic rings. The van der Waals surface area contributed by atoms with Gasteiger partial charge in [0.2, 0.25) is 0 Å². The maximum Gasteiger partial charge on any atom is 0.261 e. The van der Waals surface area contributed by atoms with Crippen LogP contribution >= 0.6 is 11.3 Å². The number of methoxy groups -OCH3 is 1. The fourth-order valence-electron chi connectivity index (χ4n) is 4.31. The van der Waals surface area contributed by atoms with Gasteiger partial charge in [-0.2, -0.15) is 0 Å². The van der Waals surface area contributed by atoms with E-state index in [4.69, 9.17) is 9.72 Å². The van der Waals surface area contributed by atoms with Crippen LogP contribution in [0.4, 0.5) is 10.8 Å². The van der Waals surface area contributed by atoms with Crippen molar-refractivity contribution < 1.29 is 17.9 Å². The first kappa shape index (κ1) is 26.0. The highest BCUT2D eigenvalue weighted by atomic mass is 32.2. The maximum absolute atomic E-state index is 12.6. The molecule has 1 fully saturated rings. The largest absolute Gasteiger partial charge is 0.494 e. The lowest BCUT2D eigenvalue weighted by atomic mass is 10.2. The minimum absolute atomic E-state index is 0.183. The number of sulfonamides is 1. The molecule has 0 radical (unpaired) electrons. The van der Waals surface area contributed by atoms with Crippen molar-refractivity contribution in [3.05, 3.63) is 78.4 Å². The predicted octanol–water partition coefficient (Wildman–Crippen LogP) is 3.66. The van der Waals surface area contributed by atoms with Crippen LogP contribution in [0.1, 0.15) is 10.4 Å². The van der Waals surface area contributed by atoms with Gasteiger partial charge in [0.05, 0.1) is 16.7 Å². The zero-order valence-corrected chi connectivity index (χ0v) is 22.6. The molecule has 1 aliphatic heterocycles. The summed E-state index contributed by atoms with van der Waals surface area (Å²) >= 11 is 1.68. The van der Waals surface area contributed by atoms with Gasteiger partial charge < -0.3 is 15.0 Å². The fraction of sp³-hybridized carbons (Fsp3) is 0.259. The van der Waals surface area contributed by atoms with Gasteiger partial charge in [0.25, 0.3) is 15.9 Å². The molecule has 3 aromatic carbocycles. The van der Waals surface area contributed by atoms with Crippen molar-refractivity contribution in [2.45, 2.75) is 4.90 Å². The highest BCUT2D eigenvalue weighted by Crippen LogP contribution is 2.34. The molecule has 0 atom stereocenters. The highest BCUT2D eigenvalue weighted by molar-refractivity contribution is 7.92. The van der Waals surface area contributed by atoms with Crippen molar-refractivity contribution in [1.82, 2.24) is 15.2 Å². The number of nitrogens with zero attached hydrogens (tertiary/aromatic N) is 3. The molecule has 1 saturated heterocycles. The SMILES string of the molecule is COc1cccc2sc(N3CCN(CCNC(=O)c4ccc(NS(=O)(=O)c5ccccc5)cc4)CC3)nc12. The van der Waals surface area contributed by atoms with E-state index in [1.54, 1.807) is 60.9 Å². The summed E-state index contributed by atoms with van der Waals surface area (Å²) in [6.07, 6.45) is 0. The summed E-state index contributed by atoms with van der Waals surface area (Å²) < 4.78 is 34.0. The molecule has 1 aromatic heterocycles. The predicted molar refractivity (Wildman–Crippen MR) is 151 cm³/mol. The summed E-state index contributed by atoms with van der Waals surface area (Å²) in [5.41, 5.74) is 1.78. The number of nitrogens with one attached hydrogen (secondary N) is 2. The fourth-order valence-corrected chi connectivity index (χ4v) is 6.42. The molecule has 2 heterocycles. The maximum atomic E-state index is 12.6. The Morgan fingerprint density at radius 3 is 2.42 bits per heavy atom. The van der Waals surface area contributed by atoms with Gasteiger partial charge in [-0.1, -0.05) is 35.6 Å². The van der Waals surface area contributed by atoms with Gasteiger partial charge in [0.1, 0.15) is 11.3 Å². The van der Waals surface area contributed by atoms with Gasteiger partial charge >= 0.3 is 0 Å². The monoisotopic (exact) mass is 551 g/mol. The van der Waals surface area contributed by atoms with Crippen LogP contribution in [0.2, 0.25) is 0 Å². The van der Waals surface area contributed by atoms with E-state index in [9.17, 15) is 13.2 Å². The molecule has 38 heavy (non-hydrogen) atoms. The van der Waals surface area contributed by atoms with Gasteiger partial charge in [0, 0.05) is 50.5 Å². The van der Waals surface area contributed by atoms with Gasteiger partial charge in [-0.3, -0.25) is 14.4 Å². The number of carbonyl (C=O) groups is 1. The number of para-hydroxylation sites is 1. The summed E-state index contributed by atoms with van der Waals surface area (Å²) in [5.74, 6) is 0.604. The summed E-state index contributed by atoms with van der Waals surface area (Å²) in [7, 11) is -2.01. The Morgan fingerprint density at radius 1 is 0.974 bits per heavy atom. The molecule has 0 unspecified atom stereocenters. The van der Waals surface area contributed by atoms with Crippen molar-refractivity contribution in [2.24, 2.45) is 0 Å². The molecule has 5 rings (SSSR count). The summed E-state index contributed by atoms with van der Waals surface area (Å²) in [5, 5.41) is 3.96. The highest BCUT2D eigenvalue weighted by Gasteiger charge is 2.21. The molecule has 0 aliphatic carbocycles. The van der Waals surface area contributed by atoms with Crippen LogP contribution in [0.5, 0.6) is 5.75 Å². The smallest absolute Gasteiger partial charge is 0.261 e. The minimum Gasteiger partial charge on any atom is -0.494 e. The summed E-state index contributed by atoms with van der Waals surface area (Å²) in [6, 6.07) is 20.5. The van der Waals surface area contributed by atoms with Crippen molar-refractivity contribution >= 4 is 48.3 Å². The average Bonchev–Trinajstić information content (AvgIpc) is 3.39. The Kier molecular flexibility index (Phi) is 7.77. The second-order valence-electron chi connectivity index (χ2n) is 8.88. The van der Waals surface area contributed by atoms with Crippen molar-refractivity contribution in [2.75, 3.05) is 56.0 Å². The molecular weight excluding hydrogens is 522 g/mol. The number of aromatic nitrogens is 1. The van der Waals surface area contributed by atoms with Crippen molar-refractivity contribution in [1.29, 1.82) is 0 Å². The topological polar surface area (TPSA) is 104 Å². The third kappa shape index (κ3) is 5.90. The third-order valence-electron chi connectivity index (χ3n) is 6.40. The number of ether oxygens (including phenoxy) is 1. The molecule has 1 amide bonds. The average molecular weight is 552 g/mol. The molecule has 0 spiro atoms. The van der Waals surface area contributed by atoms with Gasteiger partial charge in [-0.25, -0.2) is 13.4 Å². The minimum atomic E-state index is -3.67. The standard InChI is InChI=1S/C27H29N5O4S2/c1-36-23-8-5-9-24-25(23)29-27(37-24)32-18-16-31(17-19-32)15-14-28-26(33)20-10-12-21(13-11-20)30-38(34,35)22-6-3-2-4-7-22/h2-13,30H,14-19H2,1H3,(H,28,33). The zero-order valence-electron chi connectivity index (χ0n) is 21.0. The van der Waals surface area contributed by atoms with E-state index in [1.807, 2.05) is 12.1 Å². The summed E-state index contributed by atoms with van der Waals surface area (Å²) in [6.45, 7) is 4.80. The number of anilines is 2. The van der Waals surface area contributed by atoms with E-state index in [-0.39, 0.29) is 10.8 Å². The first-order chi connectivity index (χ1) is 18.4. The van der Waals surface area contributed by atoms with E-state index >= 15 is 0 Å². The Morgan fingerprint density at radius 2 is 1.71 bits per heavy atom. The molecule has 9 nitrogen and oxygen atoms in total. The quantitative estimate of drug-likeness (QED) is 0.327. The van der Waals surface area contributed by atoms with E-state index in [0.717, 1.165) is 53.8 Å². The zero-order chi connectivity index (χ0) is 26.5. The van der Waals surface area contributed by atoms with E-state index in [0.29, 0.717) is 17.8 Å². The van der Waals surface area contributed by atoms with Crippen LogP contribution < -0.4 is 19.7 Å². The lowest BCUT2D eigenvalue weighted by molar-refractivity contribution is 0.0948.